The Morgan fingerprint density at radius 1 is 1.23 bits per heavy atom. The van der Waals surface area contributed by atoms with Gasteiger partial charge in [-0.25, -0.2) is 9.37 Å². The quantitative estimate of drug-likeness (QED) is 0.351. The zero-order valence-corrected chi connectivity index (χ0v) is 25.4. The average molecular weight is 612 g/mol. The van der Waals surface area contributed by atoms with Gasteiger partial charge in [0.1, 0.15) is 5.02 Å². The van der Waals surface area contributed by atoms with Crippen LogP contribution in [0.4, 0.5) is 10.1 Å². The lowest BCUT2D eigenvalue weighted by Gasteiger charge is -2.49. The van der Waals surface area contributed by atoms with Gasteiger partial charge >= 0.3 is 0 Å². The van der Waals surface area contributed by atoms with Crippen molar-refractivity contribution in [2.24, 2.45) is 0 Å². The number of halogens is 2. The molecule has 0 saturated carbocycles. The molecule has 0 amide bonds. The van der Waals surface area contributed by atoms with Crippen molar-refractivity contribution in [2.45, 2.75) is 50.6 Å². The molecule has 3 aromatic rings. The van der Waals surface area contributed by atoms with Gasteiger partial charge in [-0.3, -0.25) is 14.7 Å². The second-order valence-electron chi connectivity index (χ2n) is 11.2. The summed E-state index contributed by atoms with van der Waals surface area (Å²) < 4.78 is 25.3. The minimum atomic E-state index is -0.440. The van der Waals surface area contributed by atoms with E-state index in [2.05, 4.69) is 32.2 Å². The van der Waals surface area contributed by atoms with Crippen LogP contribution < -0.4 is 19.7 Å². The number of pyridine rings is 2. The van der Waals surface area contributed by atoms with Crippen molar-refractivity contribution in [3.8, 4) is 22.9 Å². The summed E-state index contributed by atoms with van der Waals surface area (Å²) in [5.41, 5.74) is 5.12. The van der Waals surface area contributed by atoms with Crippen LogP contribution in [0.5, 0.6) is 11.6 Å². The molecule has 2 N–H and O–H groups in total. The Balaban J connectivity index is 0.00000118. The highest BCUT2D eigenvalue weighted by atomic mass is 35.5. The summed E-state index contributed by atoms with van der Waals surface area (Å²) in [6.07, 6.45) is 6.14. The van der Waals surface area contributed by atoms with Gasteiger partial charge in [-0.1, -0.05) is 17.7 Å². The number of hydrogen-bond donors (Lipinski definition) is 2. The number of anilines is 1. The summed E-state index contributed by atoms with van der Waals surface area (Å²) in [6, 6.07) is 12.1. The van der Waals surface area contributed by atoms with E-state index in [9.17, 15) is 4.39 Å². The maximum absolute atomic E-state index is 14.2. The van der Waals surface area contributed by atoms with Crippen molar-refractivity contribution >= 4 is 23.8 Å². The predicted octanol–water partition coefficient (Wildman–Crippen LogP) is 5.15. The fraction of sp³-hybridized carbons (Fsp3) is 0.469. The number of carbonyl (C=O) groups is 1. The highest BCUT2D eigenvalue weighted by Gasteiger charge is 2.43. The first-order valence-corrected chi connectivity index (χ1v) is 15.2. The van der Waals surface area contributed by atoms with E-state index in [4.69, 9.17) is 36.0 Å². The number of aromatic nitrogens is 2. The van der Waals surface area contributed by atoms with Gasteiger partial charge in [-0.05, 0) is 75.0 Å². The van der Waals surface area contributed by atoms with E-state index in [1.54, 1.807) is 12.3 Å². The smallest absolute Gasteiger partial charge is 0.290 e. The summed E-state index contributed by atoms with van der Waals surface area (Å²) in [6.45, 7) is 7.88. The Labute approximate surface area is 257 Å². The molecular weight excluding hydrogens is 573 g/mol. The first kappa shape index (κ1) is 31.0. The maximum atomic E-state index is 14.2. The van der Waals surface area contributed by atoms with Crippen molar-refractivity contribution in [3.05, 3.63) is 64.7 Å². The molecule has 0 aliphatic carbocycles. The molecule has 6 rings (SSSR count). The predicted molar refractivity (Wildman–Crippen MR) is 165 cm³/mol. The van der Waals surface area contributed by atoms with E-state index >= 15 is 0 Å². The number of nitrogens with zero attached hydrogens (tertiary/aromatic N) is 4. The van der Waals surface area contributed by atoms with Gasteiger partial charge in [0.15, 0.2) is 11.6 Å². The number of fused-ring (bicyclic) bond motifs is 2. The second kappa shape index (κ2) is 13.9. The Bertz CT molecular complexity index is 1410. The first-order chi connectivity index (χ1) is 20.9. The highest BCUT2D eigenvalue weighted by molar-refractivity contribution is 6.34. The summed E-state index contributed by atoms with van der Waals surface area (Å²) >= 11 is 6.59. The van der Waals surface area contributed by atoms with Gasteiger partial charge in [-0.2, -0.15) is 0 Å². The monoisotopic (exact) mass is 611 g/mol. The Hall–Kier alpha value is -3.47. The third-order valence-corrected chi connectivity index (χ3v) is 9.07. The van der Waals surface area contributed by atoms with Gasteiger partial charge in [0, 0.05) is 50.4 Å². The van der Waals surface area contributed by atoms with E-state index in [1.165, 1.54) is 31.6 Å². The van der Waals surface area contributed by atoms with Gasteiger partial charge in [0.05, 0.1) is 36.4 Å². The molecule has 0 unspecified atom stereocenters. The van der Waals surface area contributed by atoms with Crippen LogP contribution in [-0.2, 0) is 16.8 Å². The third kappa shape index (κ3) is 6.56. The van der Waals surface area contributed by atoms with Crippen LogP contribution >= 0.6 is 11.6 Å². The fourth-order valence-corrected chi connectivity index (χ4v) is 7.13. The van der Waals surface area contributed by atoms with E-state index in [-0.39, 0.29) is 17.6 Å². The summed E-state index contributed by atoms with van der Waals surface area (Å²) in [5.74, 6) is 0.288. The number of hydrogen-bond acceptors (Lipinski definition) is 8. The highest BCUT2D eigenvalue weighted by Crippen LogP contribution is 2.45. The van der Waals surface area contributed by atoms with Crippen LogP contribution in [0.15, 0.2) is 42.6 Å². The Morgan fingerprint density at radius 2 is 2.02 bits per heavy atom. The molecule has 9 nitrogen and oxygen atoms in total. The van der Waals surface area contributed by atoms with Crippen LogP contribution in [0.3, 0.4) is 0 Å². The second-order valence-corrected chi connectivity index (χ2v) is 11.6. The number of rotatable bonds is 7. The minimum Gasteiger partial charge on any atom is -0.492 e. The molecule has 3 aliphatic heterocycles. The van der Waals surface area contributed by atoms with E-state index in [0.29, 0.717) is 23.6 Å². The van der Waals surface area contributed by atoms with Gasteiger partial charge in [-0.15, -0.1) is 0 Å². The molecule has 0 bridgehead atoms. The van der Waals surface area contributed by atoms with Crippen LogP contribution in [-0.4, -0.2) is 78.9 Å². The molecule has 43 heavy (non-hydrogen) atoms. The van der Waals surface area contributed by atoms with Gasteiger partial charge < -0.3 is 24.8 Å². The molecule has 1 spiro atoms. The van der Waals surface area contributed by atoms with Crippen molar-refractivity contribution < 1.29 is 23.8 Å². The molecule has 0 radical (unpaired) electrons. The van der Waals surface area contributed by atoms with E-state index in [1.807, 2.05) is 19.1 Å². The zero-order chi connectivity index (χ0) is 30.4. The normalized spacial score (nSPS) is 19.3. The van der Waals surface area contributed by atoms with Gasteiger partial charge in [0.25, 0.3) is 6.47 Å². The standard InChI is InChI=1S/C31H37ClFN5O2.CH2O2/c1-3-40-30-22(7-5-15-35-30)25-10-8-23-26(36-25)19-37(18-21-6-4-14-34-21)20-31(23)12-16-38(17-13-31)27-11-9-24(33)29(39-2)28(27)32;2-1-3/h5,7-11,15,21,34H,3-4,6,12-14,16-20H2,1-2H3;1H,(H,2,3)/t21-;/m1./s1. The number of carboxylic acid groups (broad SMARTS) is 1. The lowest BCUT2D eigenvalue weighted by atomic mass is 9.69. The van der Waals surface area contributed by atoms with Crippen LogP contribution in [0, 0.1) is 5.82 Å². The number of benzene rings is 1. The average Bonchev–Trinajstić information content (AvgIpc) is 3.52. The SMILES string of the molecule is CCOc1ncccc1-c1ccc2c(n1)CN(C[C@H]1CCCN1)CC21CCN(c2ccc(F)c(OC)c2Cl)CC1.O=CO. The molecule has 2 fully saturated rings. The fourth-order valence-electron chi connectivity index (χ4n) is 6.78. The van der Waals surface area contributed by atoms with E-state index < -0.39 is 5.82 Å². The van der Waals surface area contributed by atoms with Crippen LogP contribution in [0.1, 0.15) is 43.9 Å². The topological polar surface area (TPSA) is 100 Å². The first-order valence-electron chi connectivity index (χ1n) is 14.8. The van der Waals surface area contributed by atoms with Crippen molar-refractivity contribution in [2.75, 3.05) is 51.3 Å². The van der Waals surface area contributed by atoms with Crippen LogP contribution in [0.25, 0.3) is 11.3 Å². The molecule has 3 aliphatic rings. The molecule has 230 valence electrons. The molecule has 11 heteroatoms. The number of nitrogens with one attached hydrogen (secondary N) is 1. The lowest BCUT2D eigenvalue weighted by Crippen LogP contribution is -2.54. The summed E-state index contributed by atoms with van der Waals surface area (Å²) in [7, 11) is 1.45. The maximum Gasteiger partial charge on any atom is 0.290 e. The van der Waals surface area contributed by atoms with Gasteiger partial charge in [0.2, 0.25) is 5.88 Å². The molecule has 2 saturated heterocycles. The number of methoxy groups -OCH3 is 1. The van der Waals surface area contributed by atoms with Crippen molar-refractivity contribution in [1.29, 1.82) is 0 Å². The summed E-state index contributed by atoms with van der Waals surface area (Å²) in [4.78, 5) is 22.9. The minimum absolute atomic E-state index is 0.0114. The Kier molecular flexibility index (Phi) is 10.00. The zero-order valence-electron chi connectivity index (χ0n) is 24.7. The molecule has 5 heterocycles. The van der Waals surface area contributed by atoms with Crippen LogP contribution in [0.2, 0.25) is 5.02 Å². The summed E-state index contributed by atoms with van der Waals surface area (Å²) in [5, 5.41) is 10.9. The lowest BCUT2D eigenvalue weighted by molar-refractivity contribution is -0.122. The molecule has 1 atom stereocenters. The van der Waals surface area contributed by atoms with Crippen molar-refractivity contribution in [1.82, 2.24) is 20.2 Å². The number of ether oxygens (including phenoxy) is 2. The molecule has 2 aromatic heterocycles. The third-order valence-electron chi connectivity index (χ3n) is 8.71. The largest absolute Gasteiger partial charge is 0.492 e. The van der Waals surface area contributed by atoms with E-state index in [0.717, 1.165) is 74.7 Å². The number of piperidine rings is 1. The molecular formula is C32H39ClFN5O4. The Morgan fingerprint density at radius 3 is 2.72 bits per heavy atom. The molecule has 1 aromatic carbocycles. The van der Waals surface area contributed by atoms with Crippen molar-refractivity contribution in [3.63, 3.8) is 0 Å².